The lowest BCUT2D eigenvalue weighted by Crippen LogP contribution is -2.48. The van der Waals surface area contributed by atoms with E-state index < -0.39 is 0 Å². The quantitative estimate of drug-likeness (QED) is 0.267. The summed E-state index contributed by atoms with van der Waals surface area (Å²) >= 11 is 0. The fourth-order valence-electron chi connectivity index (χ4n) is 8.45. The molecule has 0 spiro atoms. The number of aromatic nitrogens is 1. The fraction of sp³-hybridized carbons (Fsp3) is 0.343. The van der Waals surface area contributed by atoms with Crippen molar-refractivity contribution in [2.45, 2.75) is 57.8 Å². The maximum absolute atomic E-state index is 10.0. The average Bonchev–Trinajstić information content (AvgIpc) is 3.18. The first-order chi connectivity index (χ1) is 18.0. The molecule has 37 heavy (non-hydrogen) atoms. The standard InChI is InChI=1S/C35H34N2/c1-23-13-31(18-32(22-36)30-8-7-28-5-3-4-6-29(28)17-30)24(2)37(23)34-11-9-33(10-12-34)35-19-25-14-26(20-35)16-27(15-25)21-35/h3-13,17-18,25-27H,14-16,19-21H2,1-2H3. The summed E-state index contributed by atoms with van der Waals surface area (Å²) in [6, 6.07) is 28.7. The highest BCUT2D eigenvalue weighted by Crippen LogP contribution is 2.60. The lowest BCUT2D eigenvalue weighted by Gasteiger charge is -2.57. The summed E-state index contributed by atoms with van der Waals surface area (Å²) in [5, 5.41) is 12.4. The van der Waals surface area contributed by atoms with Gasteiger partial charge in [0.1, 0.15) is 0 Å². The van der Waals surface area contributed by atoms with Gasteiger partial charge in [-0.2, -0.15) is 5.26 Å². The second-order valence-corrected chi connectivity index (χ2v) is 12.1. The van der Waals surface area contributed by atoms with Gasteiger partial charge in [-0.05, 0) is 133 Å². The van der Waals surface area contributed by atoms with Crippen LogP contribution in [0.2, 0.25) is 0 Å². The number of nitriles is 1. The van der Waals surface area contributed by atoms with Crippen LogP contribution in [0.15, 0.2) is 72.8 Å². The lowest BCUT2D eigenvalue weighted by atomic mass is 9.48. The first kappa shape index (κ1) is 22.6. The zero-order valence-corrected chi connectivity index (χ0v) is 21.9. The molecule has 3 aromatic carbocycles. The van der Waals surface area contributed by atoms with E-state index in [1.54, 1.807) is 5.56 Å². The van der Waals surface area contributed by atoms with Gasteiger partial charge in [-0.1, -0.05) is 48.5 Å². The summed E-state index contributed by atoms with van der Waals surface area (Å²) in [6.45, 7) is 4.33. The normalized spacial score (nSPS) is 26.5. The Morgan fingerprint density at radius 3 is 2.14 bits per heavy atom. The predicted octanol–water partition coefficient (Wildman–Crippen LogP) is 8.78. The van der Waals surface area contributed by atoms with Crippen LogP contribution in [0.3, 0.4) is 0 Å². The fourth-order valence-corrected chi connectivity index (χ4v) is 8.45. The van der Waals surface area contributed by atoms with E-state index in [1.807, 2.05) is 18.2 Å². The summed E-state index contributed by atoms with van der Waals surface area (Å²) in [5.41, 5.74) is 8.36. The summed E-state index contributed by atoms with van der Waals surface area (Å²) in [6.07, 6.45) is 10.7. The smallest absolute Gasteiger partial charge is 0.0998 e. The predicted molar refractivity (Wildman–Crippen MR) is 153 cm³/mol. The highest BCUT2D eigenvalue weighted by atomic mass is 15.0. The number of fused-ring (bicyclic) bond motifs is 1. The summed E-state index contributed by atoms with van der Waals surface area (Å²) in [7, 11) is 0. The Bertz CT molecular complexity index is 1540. The minimum absolute atomic E-state index is 0.434. The molecule has 0 unspecified atom stereocenters. The van der Waals surface area contributed by atoms with E-state index in [9.17, 15) is 5.26 Å². The highest BCUT2D eigenvalue weighted by molar-refractivity contribution is 5.94. The van der Waals surface area contributed by atoms with Gasteiger partial charge >= 0.3 is 0 Å². The molecule has 2 nitrogen and oxygen atoms in total. The Kier molecular flexibility index (Phi) is 5.19. The monoisotopic (exact) mass is 482 g/mol. The number of aryl methyl sites for hydroxylation is 1. The Hall–Kier alpha value is -3.57. The third-order valence-electron chi connectivity index (χ3n) is 9.73. The van der Waals surface area contributed by atoms with Gasteiger partial charge in [-0.25, -0.2) is 0 Å². The third-order valence-corrected chi connectivity index (χ3v) is 9.73. The lowest BCUT2D eigenvalue weighted by molar-refractivity contribution is -0.00518. The molecule has 2 heteroatoms. The van der Waals surface area contributed by atoms with Gasteiger partial charge in [0.15, 0.2) is 0 Å². The number of hydrogen-bond donors (Lipinski definition) is 0. The van der Waals surface area contributed by atoms with Gasteiger partial charge in [0.05, 0.1) is 11.6 Å². The van der Waals surface area contributed by atoms with Crippen molar-refractivity contribution in [3.63, 3.8) is 0 Å². The van der Waals surface area contributed by atoms with Crippen LogP contribution < -0.4 is 0 Å². The largest absolute Gasteiger partial charge is 0.318 e. The topological polar surface area (TPSA) is 28.7 Å². The zero-order valence-electron chi connectivity index (χ0n) is 21.9. The molecule has 0 aliphatic heterocycles. The first-order valence-corrected chi connectivity index (χ1v) is 13.9. The zero-order chi connectivity index (χ0) is 25.1. The molecule has 4 aliphatic carbocycles. The second-order valence-electron chi connectivity index (χ2n) is 12.1. The molecule has 4 fully saturated rings. The van der Waals surface area contributed by atoms with Crippen LogP contribution in [0.4, 0.5) is 0 Å². The van der Waals surface area contributed by atoms with Crippen molar-refractivity contribution in [2.75, 3.05) is 0 Å². The second kappa shape index (κ2) is 8.49. The number of allylic oxidation sites excluding steroid dienone is 1. The maximum atomic E-state index is 10.0. The van der Waals surface area contributed by atoms with E-state index in [1.165, 1.54) is 61.0 Å². The number of rotatable bonds is 4. The molecular formula is C35H34N2. The van der Waals surface area contributed by atoms with Gasteiger partial charge in [0.25, 0.3) is 0 Å². The molecule has 0 radical (unpaired) electrons. The molecule has 0 amide bonds. The SMILES string of the molecule is Cc1cc(C=C(C#N)c2ccc3ccccc3c2)c(C)n1-c1ccc(C23CC4CC(CC(C4)C2)C3)cc1. The Balaban J connectivity index is 1.21. The molecule has 1 heterocycles. The number of nitrogens with zero attached hydrogens (tertiary/aromatic N) is 2. The van der Waals surface area contributed by atoms with Gasteiger partial charge in [0, 0.05) is 17.1 Å². The molecule has 184 valence electrons. The van der Waals surface area contributed by atoms with Crippen molar-refractivity contribution >= 4 is 22.4 Å². The van der Waals surface area contributed by atoms with Crippen molar-refractivity contribution in [3.05, 3.63) is 101 Å². The van der Waals surface area contributed by atoms with E-state index in [0.29, 0.717) is 11.0 Å². The van der Waals surface area contributed by atoms with E-state index in [2.05, 4.69) is 85.1 Å². The summed E-state index contributed by atoms with van der Waals surface area (Å²) in [4.78, 5) is 0. The van der Waals surface area contributed by atoms with Crippen molar-refractivity contribution in [2.24, 2.45) is 17.8 Å². The van der Waals surface area contributed by atoms with E-state index in [4.69, 9.17) is 0 Å². The summed E-state index contributed by atoms with van der Waals surface area (Å²) < 4.78 is 2.34. The van der Waals surface area contributed by atoms with Gasteiger partial charge in [0.2, 0.25) is 0 Å². The molecule has 4 aliphatic rings. The molecule has 0 atom stereocenters. The number of benzene rings is 3. The van der Waals surface area contributed by atoms with Crippen LogP contribution in [0.5, 0.6) is 0 Å². The van der Waals surface area contributed by atoms with E-state index >= 15 is 0 Å². The molecule has 4 saturated carbocycles. The molecule has 0 N–H and O–H groups in total. The molecule has 4 aromatic rings. The Morgan fingerprint density at radius 1 is 0.838 bits per heavy atom. The Labute approximate surface area is 220 Å². The van der Waals surface area contributed by atoms with Gasteiger partial charge < -0.3 is 4.57 Å². The molecule has 0 saturated heterocycles. The minimum atomic E-state index is 0.434. The van der Waals surface area contributed by atoms with Crippen molar-refractivity contribution in [1.29, 1.82) is 5.26 Å². The van der Waals surface area contributed by atoms with Crippen LogP contribution in [-0.2, 0) is 5.41 Å². The van der Waals surface area contributed by atoms with E-state index in [-0.39, 0.29) is 0 Å². The highest BCUT2D eigenvalue weighted by Gasteiger charge is 2.51. The van der Waals surface area contributed by atoms with Crippen LogP contribution >= 0.6 is 0 Å². The Morgan fingerprint density at radius 2 is 1.49 bits per heavy atom. The van der Waals surface area contributed by atoms with Crippen molar-refractivity contribution in [1.82, 2.24) is 4.57 Å². The average molecular weight is 483 g/mol. The van der Waals surface area contributed by atoms with Crippen molar-refractivity contribution < 1.29 is 0 Å². The maximum Gasteiger partial charge on any atom is 0.0998 e. The molecule has 4 bridgehead atoms. The molecule has 8 rings (SSSR count). The van der Waals surface area contributed by atoms with Crippen molar-refractivity contribution in [3.8, 4) is 11.8 Å². The summed E-state index contributed by atoms with van der Waals surface area (Å²) in [5.74, 6) is 2.89. The minimum Gasteiger partial charge on any atom is -0.318 e. The third kappa shape index (κ3) is 3.75. The van der Waals surface area contributed by atoms with Crippen LogP contribution in [0, 0.1) is 42.9 Å². The van der Waals surface area contributed by atoms with Gasteiger partial charge in [-0.15, -0.1) is 0 Å². The van der Waals surface area contributed by atoms with Crippen LogP contribution in [0.25, 0.3) is 28.1 Å². The number of hydrogen-bond acceptors (Lipinski definition) is 1. The van der Waals surface area contributed by atoms with Gasteiger partial charge in [-0.3, -0.25) is 0 Å². The molecular weight excluding hydrogens is 448 g/mol. The first-order valence-electron chi connectivity index (χ1n) is 13.9. The molecule has 1 aromatic heterocycles. The van der Waals surface area contributed by atoms with Crippen LogP contribution in [0.1, 0.15) is 66.6 Å². The van der Waals surface area contributed by atoms with Crippen LogP contribution in [-0.4, -0.2) is 4.57 Å². The van der Waals surface area contributed by atoms with E-state index in [0.717, 1.165) is 34.3 Å².